The van der Waals surface area contributed by atoms with Gasteiger partial charge in [0.25, 0.3) is 10.1 Å². The van der Waals surface area contributed by atoms with E-state index in [1.807, 2.05) is 24.3 Å². The van der Waals surface area contributed by atoms with E-state index in [-0.39, 0.29) is 5.69 Å². The largest absolute Gasteiger partial charge is 0.497 e. The molecule has 0 amide bonds. The Morgan fingerprint density at radius 1 is 1.35 bits per heavy atom. The molecule has 0 bridgehead atoms. The zero-order valence-corrected chi connectivity index (χ0v) is 13.5. The highest BCUT2D eigenvalue weighted by Crippen LogP contribution is 2.12. The molecule has 1 aromatic carbocycles. The van der Waals surface area contributed by atoms with Gasteiger partial charge in [-0.1, -0.05) is 17.3 Å². The van der Waals surface area contributed by atoms with Gasteiger partial charge in [-0.3, -0.25) is 4.18 Å². The highest BCUT2D eigenvalue weighted by Gasteiger charge is 2.06. The molecular formula is C14H16FN3O4S. The highest BCUT2D eigenvalue weighted by molar-refractivity contribution is 7.85. The van der Waals surface area contributed by atoms with Crippen LogP contribution in [0.4, 0.5) is 4.39 Å². The molecule has 0 atom stereocenters. The SMILES string of the molecule is COc1ccc(Cn2cc(/C=C(/F)COS(C)(=O)=O)nn2)cc1. The fourth-order valence-electron chi connectivity index (χ4n) is 1.74. The third-order valence-corrected chi connectivity index (χ3v) is 3.32. The lowest BCUT2D eigenvalue weighted by molar-refractivity contribution is 0.324. The highest BCUT2D eigenvalue weighted by atomic mass is 32.2. The maximum absolute atomic E-state index is 13.5. The normalized spacial score (nSPS) is 12.4. The van der Waals surface area contributed by atoms with Crippen molar-refractivity contribution in [2.24, 2.45) is 0 Å². The lowest BCUT2D eigenvalue weighted by atomic mass is 10.2. The molecule has 7 nitrogen and oxygen atoms in total. The summed E-state index contributed by atoms with van der Waals surface area (Å²) in [5.41, 5.74) is 1.25. The van der Waals surface area contributed by atoms with E-state index in [1.165, 1.54) is 0 Å². The summed E-state index contributed by atoms with van der Waals surface area (Å²) in [6.45, 7) is -0.198. The average molecular weight is 341 g/mol. The monoisotopic (exact) mass is 341 g/mol. The lowest BCUT2D eigenvalue weighted by Gasteiger charge is -2.02. The van der Waals surface area contributed by atoms with E-state index in [1.54, 1.807) is 18.0 Å². The molecule has 0 aliphatic carbocycles. The molecule has 0 unspecified atom stereocenters. The summed E-state index contributed by atoms with van der Waals surface area (Å²) in [5, 5.41) is 7.68. The van der Waals surface area contributed by atoms with Crippen LogP contribution < -0.4 is 4.74 Å². The topological polar surface area (TPSA) is 83.3 Å². The number of rotatable bonds is 7. The molecule has 1 heterocycles. The fourth-order valence-corrected chi connectivity index (χ4v) is 2.07. The van der Waals surface area contributed by atoms with E-state index in [2.05, 4.69) is 14.5 Å². The summed E-state index contributed by atoms with van der Waals surface area (Å²) in [7, 11) is -2.09. The number of ether oxygens (including phenoxy) is 1. The Morgan fingerprint density at radius 3 is 2.65 bits per heavy atom. The van der Waals surface area contributed by atoms with Gasteiger partial charge in [0.15, 0.2) is 0 Å². The maximum atomic E-state index is 13.5. The minimum Gasteiger partial charge on any atom is -0.497 e. The Labute approximate surface area is 133 Å². The standard InChI is InChI=1S/C14H16FN3O4S/c1-21-14-5-3-11(4-6-14)8-18-9-13(16-17-18)7-12(15)10-22-23(2,19)20/h3-7,9H,8,10H2,1-2H3/b12-7+. The Kier molecular flexibility index (Phi) is 5.45. The Hall–Kier alpha value is -2.26. The first-order valence-electron chi connectivity index (χ1n) is 6.59. The Morgan fingerprint density at radius 2 is 2.04 bits per heavy atom. The van der Waals surface area contributed by atoms with Crippen LogP contribution in [0.3, 0.4) is 0 Å². The number of nitrogens with zero attached hydrogens (tertiary/aromatic N) is 3. The van der Waals surface area contributed by atoms with E-state index in [0.717, 1.165) is 23.6 Å². The van der Waals surface area contributed by atoms with Gasteiger partial charge in [0.05, 0.1) is 26.1 Å². The third-order valence-electron chi connectivity index (χ3n) is 2.78. The molecule has 124 valence electrons. The van der Waals surface area contributed by atoms with Gasteiger partial charge < -0.3 is 4.74 Å². The van der Waals surface area contributed by atoms with E-state index in [0.29, 0.717) is 6.54 Å². The number of aromatic nitrogens is 3. The molecule has 0 saturated heterocycles. The summed E-state index contributed by atoms with van der Waals surface area (Å²) in [6, 6.07) is 7.43. The second-order valence-electron chi connectivity index (χ2n) is 4.75. The van der Waals surface area contributed by atoms with Crippen molar-refractivity contribution in [3.05, 3.63) is 47.5 Å². The Bertz CT molecular complexity index is 785. The molecule has 2 rings (SSSR count). The van der Waals surface area contributed by atoms with Crippen molar-refractivity contribution in [1.29, 1.82) is 0 Å². The molecule has 0 N–H and O–H groups in total. The van der Waals surface area contributed by atoms with Crippen LogP contribution in [0.15, 0.2) is 36.3 Å². The summed E-state index contributed by atoms with van der Waals surface area (Å²) in [6.07, 6.45) is 3.47. The van der Waals surface area contributed by atoms with E-state index in [9.17, 15) is 12.8 Å². The third kappa shape index (κ3) is 5.80. The van der Waals surface area contributed by atoms with Gasteiger partial charge in [-0.25, -0.2) is 9.07 Å². The quantitative estimate of drug-likeness (QED) is 0.712. The number of halogens is 1. The predicted molar refractivity (Wildman–Crippen MR) is 82.0 cm³/mol. The van der Waals surface area contributed by atoms with Crippen LogP contribution in [0.5, 0.6) is 5.75 Å². The molecule has 0 spiro atoms. The summed E-state index contributed by atoms with van der Waals surface area (Å²) >= 11 is 0. The zero-order chi connectivity index (χ0) is 16.9. The average Bonchev–Trinajstić information content (AvgIpc) is 2.92. The molecule has 23 heavy (non-hydrogen) atoms. The second kappa shape index (κ2) is 7.34. The van der Waals surface area contributed by atoms with Crippen molar-refractivity contribution in [3.63, 3.8) is 0 Å². The van der Waals surface area contributed by atoms with Crippen molar-refractivity contribution in [2.45, 2.75) is 6.54 Å². The van der Waals surface area contributed by atoms with Crippen LogP contribution >= 0.6 is 0 Å². The number of hydrogen-bond donors (Lipinski definition) is 0. The van der Waals surface area contributed by atoms with Crippen molar-refractivity contribution < 1.29 is 21.7 Å². The van der Waals surface area contributed by atoms with Gasteiger partial charge in [-0.2, -0.15) is 8.42 Å². The van der Waals surface area contributed by atoms with Gasteiger partial charge in [-0.05, 0) is 17.7 Å². The van der Waals surface area contributed by atoms with Crippen LogP contribution in [0.25, 0.3) is 6.08 Å². The molecule has 9 heteroatoms. The molecule has 2 aromatic rings. The van der Waals surface area contributed by atoms with Gasteiger partial charge in [-0.15, -0.1) is 5.10 Å². The first-order chi connectivity index (χ1) is 10.9. The number of benzene rings is 1. The maximum Gasteiger partial charge on any atom is 0.264 e. The van der Waals surface area contributed by atoms with Gasteiger partial charge >= 0.3 is 0 Å². The molecule has 1 aromatic heterocycles. The van der Waals surface area contributed by atoms with E-state index in [4.69, 9.17) is 4.74 Å². The second-order valence-corrected chi connectivity index (χ2v) is 6.39. The van der Waals surface area contributed by atoms with Crippen molar-refractivity contribution >= 4 is 16.2 Å². The van der Waals surface area contributed by atoms with Crippen LogP contribution in [-0.4, -0.2) is 43.4 Å². The van der Waals surface area contributed by atoms with E-state index < -0.39 is 22.6 Å². The first kappa shape index (κ1) is 17.1. The van der Waals surface area contributed by atoms with Crippen LogP contribution in [0, 0.1) is 0 Å². The minimum atomic E-state index is -3.69. The van der Waals surface area contributed by atoms with Crippen LogP contribution in [-0.2, 0) is 20.8 Å². The smallest absolute Gasteiger partial charge is 0.264 e. The fraction of sp³-hybridized carbons (Fsp3) is 0.286. The molecule has 0 saturated carbocycles. The Balaban J connectivity index is 1.99. The molecule has 0 fully saturated rings. The summed E-state index contributed by atoms with van der Waals surface area (Å²) in [4.78, 5) is 0. The van der Waals surface area contributed by atoms with Crippen LogP contribution in [0.2, 0.25) is 0 Å². The molecule has 0 aliphatic heterocycles. The van der Waals surface area contributed by atoms with Gasteiger partial charge in [0.2, 0.25) is 0 Å². The van der Waals surface area contributed by atoms with Gasteiger partial charge in [0.1, 0.15) is 23.9 Å². The molecule has 0 radical (unpaired) electrons. The summed E-state index contributed by atoms with van der Waals surface area (Å²) < 4.78 is 46.1. The van der Waals surface area contributed by atoms with Gasteiger partial charge in [0, 0.05) is 6.08 Å². The number of methoxy groups -OCH3 is 1. The number of hydrogen-bond acceptors (Lipinski definition) is 6. The lowest BCUT2D eigenvalue weighted by Crippen LogP contribution is -2.04. The minimum absolute atomic E-state index is 0.271. The van der Waals surface area contributed by atoms with Crippen molar-refractivity contribution in [2.75, 3.05) is 20.0 Å². The van der Waals surface area contributed by atoms with Crippen molar-refractivity contribution in [3.8, 4) is 5.75 Å². The predicted octanol–water partition coefficient (Wildman–Crippen LogP) is 1.62. The zero-order valence-electron chi connectivity index (χ0n) is 12.6. The summed E-state index contributed by atoms with van der Waals surface area (Å²) in [5.74, 6) is -0.00386. The van der Waals surface area contributed by atoms with Crippen molar-refractivity contribution in [1.82, 2.24) is 15.0 Å². The molecule has 0 aliphatic rings. The van der Waals surface area contributed by atoms with E-state index >= 15 is 0 Å². The molecular weight excluding hydrogens is 325 g/mol. The first-order valence-corrected chi connectivity index (χ1v) is 8.41. The van der Waals surface area contributed by atoms with Crippen LogP contribution in [0.1, 0.15) is 11.3 Å².